The van der Waals surface area contributed by atoms with Gasteiger partial charge in [-0.05, 0) is 30.5 Å². The molecule has 0 unspecified atom stereocenters. The number of nitrogens with zero attached hydrogens (tertiary/aromatic N) is 2. The van der Waals surface area contributed by atoms with Gasteiger partial charge in [0.25, 0.3) is 5.91 Å². The number of hydrogen-bond donors (Lipinski definition) is 3. The highest BCUT2D eigenvalue weighted by molar-refractivity contribution is 6.34. The van der Waals surface area contributed by atoms with E-state index in [0.717, 1.165) is 32.3 Å². The van der Waals surface area contributed by atoms with E-state index in [0.29, 0.717) is 4.68 Å². The molecule has 3 rings (SSSR count). The summed E-state index contributed by atoms with van der Waals surface area (Å²) < 4.78 is 83.0. The minimum Gasteiger partial charge on any atom is -0.466 e. The molecule has 1 aromatic carbocycles. The molecule has 0 atom stereocenters. The number of halogens is 7. The number of amides is 1. The van der Waals surface area contributed by atoms with Gasteiger partial charge in [-0.3, -0.25) is 4.79 Å². The van der Waals surface area contributed by atoms with E-state index >= 15 is 0 Å². The van der Waals surface area contributed by atoms with Crippen LogP contribution in [0.1, 0.15) is 34.3 Å². The molecule has 14 heteroatoms. The summed E-state index contributed by atoms with van der Waals surface area (Å²) in [6, 6.07) is 4.31. The number of rotatable bonds is 8. The molecule has 1 aliphatic carbocycles. The van der Waals surface area contributed by atoms with Gasteiger partial charge in [-0.2, -0.15) is 26.3 Å². The fraction of sp³-hybridized carbons (Fsp3) is 0.350. The van der Waals surface area contributed by atoms with Gasteiger partial charge in [-0.1, -0.05) is 17.7 Å². The summed E-state index contributed by atoms with van der Waals surface area (Å²) in [5, 5.41) is 16.3. The molecule has 0 spiro atoms. The minimum absolute atomic E-state index is 0.0595. The van der Waals surface area contributed by atoms with Gasteiger partial charge in [-0.15, -0.1) is 5.10 Å². The Morgan fingerprint density at radius 1 is 1.29 bits per heavy atom. The largest absolute Gasteiger partial charge is 0.466 e. The molecule has 0 bridgehead atoms. The fourth-order valence-corrected chi connectivity index (χ4v) is 3.10. The van der Waals surface area contributed by atoms with E-state index in [1.807, 2.05) is 0 Å². The van der Waals surface area contributed by atoms with Gasteiger partial charge in [0.1, 0.15) is 5.82 Å². The maximum Gasteiger partial charge on any atom is 0.425 e. The molecule has 2 aromatic rings. The van der Waals surface area contributed by atoms with Crippen LogP contribution >= 0.6 is 11.6 Å². The first-order chi connectivity index (χ1) is 15.8. The quantitative estimate of drug-likeness (QED) is 0.344. The van der Waals surface area contributed by atoms with Crippen LogP contribution in [0.4, 0.5) is 32.2 Å². The van der Waals surface area contributed by atoms with Crippen molar-refractivity contribution in [3.63, 3.8) is 0 Å². The summed E-state index contributed by atoms with van der Waals surface area (Å²) in [4.78, 5) is 12.4. The van der Waals surface area contributed by atoms with Crippen LogP contribution in [0.2, 0.25) is 5.02 Å². The minimum atomic E-state index is -5.09. The van der Waals surface area contributed by atoms with Crippen LogP contribution in [-0.4, -0.2) is 40.7 Å². The molecule has 0 radical (unpaired) electrons. The molecule has 1 aliphatic rings. The van der Waals surface area contributed by atoms with Gasteiger partial charge >= 0.3 is 12.4 Å². The standard InChI is InChI=1S/C20H18ClF6N5O2/c1-32-16(15(20(25,26)27)18(31-32)34-9-19(22,23)24)29-8-11(7-28)10-2-5-14(21)13(6-10)17(33)30-12-3-4-12/h2,5-8,12,28-29H,3-4,9H2,1H3,(H,30,33)/b11-8+,28-7?. The summed E-state index contributed by atoms with van der Waals surface area (Å²) in [5.74, 6) is -2.38. The van der Waals surface area contributed by atoms with Crippen LogP contribution in [-0.2, 0) is 13.2 Å². The highest BCUT2D eigenvalue weighted by atomic mass is 35.5. The van der Waals surface area contributed by atoms with Crippen molar-refractivity contribution in [2.45, 2.75) is 31.2 Å². The highest BCUT2D eigenvalue weighted by Crippen LogP contribution is 2.41. The van der Waals surface area contributed by atoms with Crippen molar-refractivity contribution < 1.29 is 35.9 Å². The zero-order valence-corrected chi connectivity index (χ0v) is 18.2. The number of hydrogen-bond acceptors (Lipinski definition) is 5. The summed E-state index contributed by atoms with van der Waals surface area (Å²) in [6.07, 6.45) is -6.41. The average Bonchev–Trinajstić information content (AvgIpc) is 3.47. The van der Waals surface area contributed by atoms with Crippen LogP contribution < -0.4 is 15.4 Å². The van der Waals surface area contributed by atoms with Crippen LogP contribution in [0.15, 0.2) is 24.4 Å². The van der Waals surface area contributed by atoms with Crippen molar-refractivity contribution in [1.29, 1.82) is 5.41 Å². The van der Waals surface area contributed by atoms with E-state index in [2.05, 4.69) is 20.5 Å². The van der Waals surface area contributed by atoms with Crippen LogP contribution in [0.25, 0.3) is 5.57 Å². The Labute approximate surface area is 194 Å². The van der Waals surface area contributed by atoms with Gasteiger partial charge in [0.05, 0.1) is 10.6 Å². The number of carbonyl (C=O) groups is 1. The number of anilines is 1. The Balaban J connectivity index is 1.92. The van der Waals surface area contributed by atoms with Crippen LogP contribution in [0, 0.1) is 5.41 Å². The second-order valence-electron chi connectivity index (χ2n) is 7.38. The molecule has 1 heterocycles. The number of aryl methyl sites for hydroxylation is 1. The predicted molar refractivity (Wildman–Crippen MR) is 112 cm³/mol. The number of nitrogens with one attached hydrogen (secondary N) is 3. The Morgan fingerprint density at radius 3 is 2.53 bits per heavy atom. The Morgan fingerprint density at radius 2 is 1.97 bits per heavy atom. The Bertz CT molecular complexity index is 1120. The molecular weight excluding hydrogens is 492 g/mol. The first kappa shape index (κ1) is 25.4. The van der Waals surface area contributed by atoms with Gasteiger partial charge in [0.15, 0.2) is 12.2 Å². The molecule has 0 saturated heterocycles. The van der Waals surface area contributed by atoms with Crippen molar-refractivity contribution in [2.75, 3.05) is 11.9 Å². The maximum absolute atomic E-state index is 13.6. The smallest absolute Gasteiger partial charge is 0.425 e. The zero-order chi connectivity index (χ0) is 25.3. The zero-order valence-electron chi connectivity index (χ0n) is 17.4. The molecule has 3 N–H and O–H groups in total. The van der Waals surface area contributed by atoms with E-state index in [-0.39, 0.29) is 27.8 Å². The second kappa shape index (κ2) is 9.57. The van der Waals surface area contributed by atoms with Crippen molar-refractivity contribution in [2.24, 2.45) is 7.05 Å². The number of carbonyl (C=O) groups excluding carboxylic acids is 1. The van der Waals surface area contributed by atoms with Crippen LogP contribution in [0.3, 0.4) is 0 Å². The highest BCUT2D eigenvalue weighted by Gasteiger charge is 2.42. The molecule has 184 valence electrons. The molecule has 1 saturated carbocycles. The summed E-state index contributed by atoms with van der Waals surface area (Å²) in [7, 11) is 1.08. The summed E-state index contributed by atoms with van der Waals surface area (Å²) in [5.41, 5.74) is -1.07. The van der Waals surface area contributed by atoms with Crippen LogP contribution in [0.5, 0.6) is 5.88 Å². The third-order valence-corrected chi connectivity index (χ3v) is 4.98. The third kappa shape index (κ3) is 6.22. The number of benzene rings is 1. The SMILES string of the molecule is Cn1nc(OCC(F)(F)F)c(C(F)(F)F)c1N/C=C(\C=N)c1ccc(Cl)c(C(=O)NC2CC2)c1. The Hall–Kier alpha value is -3.22. The summed E-state index contributed by atoms with van der Waals surface area (Å²) >= 11 is 6.09. The van der Waals surface area contributed by atoms with E-state index in [9.17, 15) is 31.1 Å². The number of alkyl halides is 6. The lowest BCUT2D eigenvalue weighted by Crippen LogP contribution is -2.25. The third-order valence-electron chi connectivity index (χ3n) is 4.65. The van der Waals surface area contributed by atoms with E-state index in [1.54, 1.807) is 0 Å². The predicted octanol–water partition coefficient (Wildman–Crippen LogP) is 5.03. The second-order valence-corrected chi connectivity index (χ2v) is 7.79. The number of ether oxygens (including phenoxy) is 1. The van der Waals surface area contributed by atoms with E-state index in [4.69, 9.17) is 17.0 Å². The normalized spacial score (nSPS) is 14.6. The van der Waals surface area contributed by atoms with Gasteiger partial charge in [0, 0.05) is 31.1 Å². The van der Waals surface area contributed by atoms with Gasteiger partial charge in [0.2, 0.25) is 5.88 Å². The lowest BCUT2D eigenvalue weighted by atomic mass is 10.0. The lowest BCUT2D eigenvalue weighted by Gasteiger charge is -2.12. The van der Waals surface area contributed by atoms with E-state index in [1.165, 1.54) is 18.2 Å². The maximum atomic E-state index is 13.6. The number of allylic oxidation sites excluding steroid dienone is 1. The molecule has 1 amide bonds. The van der Waals surface area contributed by atoms with Crippen molar-refractivity contribution in [3.8, 4) is 5.88 Å². The van der Waals surface area contributed by atoms with Crippen molar-refractivity contribution in [1.82, 2.24) is 15.1 Å². The molecule has 7 nitrogen and oxygen atoms in total. The van der Waals surface area contributed by atoms with Crippen molar-refractivity contribution in [3.05, 3.63) is 46.1 Å². The monoisotopic (exact) mass is 509 g/mol. The topological polar surface area (TPSA) is 92.0 Å². The average molecular weight is 510 g/mol. The summed E-state index contributed by atoms with van der Waals surface area (Å²) in [6.45, 7) is -1.95. The molecule has 0 aliphatic heterocycles. The van der Waals surface area contributed by atoms with E-state index < -0.39 is 42.1 Å². The van der Waals surface area contributed by atoms with Gasteiger partial charge in [-0.25, -0.2) is 4.68 Å². The fourth-order valence-electron chi connectivity index (χ4n) is 2.90. The van der Waals surface area contributed by atoms with Gasteiger partial charge < -0.3 is 20.8 Å². The first-order valence-electron chi connectivity index (χ1n) is 9.72. The molecule has 34 heavy (non-hydrogen) atoms. The lowest BCUT2D eigenvalue weighted by molar-refractivity contribution is -0.159. The Kier molecular flexibility index (Phi) is 7.15. The molecular formula is C20H18ClF6N5O2. The number of aromatic nitrogens is 2. The molecule has 1 aromatic heterocycles. The first-order valence-corrected chi connectivity index (χ1v) is 10.1. The molecule has 1 fully saturated rings. The van der Waals surface area contributed by atoms with Crippen molar-refractivity contribution >= 4 is 35.1 Å².